The van der Waals surface area contributed by atoms with Gasteiger partial charge >= 0.3 is 0 Å². The molecule has 0 unspecified atom stereocenters. The lowest BCUT2D eigenvalue weighted by Crippen LogP contribution is -2.40. The van der Waals surface area contributed by atoms with Crippen LogP contribution in [-0.2, 0) is 0 Å². The van der Waals surface area contributed by atoms with Crippen molar-refractivity contribution < 1.29 is 4.79 Å². The molecule has 0 aliphatic carbocycles. The minimum absolute atomic E-state index is 0.113. The van der Waals surface area contributed by atoms with Crippen LogP contribution in [0.5, 0.6) is 0 Å². The number of carbonyl (C=O) groups is 1. The molecular formula is C16H16N6O. The van der Waals surface area contributed by atoms with Gasteiger partial charge in [0, 0.05) is 42.5 Å². The molecule has 1 N–H and O–H groups in total. The Hall–Kier alpha value is -2.83. The number of hydrogen-bond donors (Lipinski definition) is 1. The molecule has 3 aromatic heterocycles. The zero-order valence-corrected chi connectivity index (χ0v) is 12.5. The van der Waals surface area contributed by atoms with Gasteiger partial charge in [-0.05, 0) is 31.0 Å². The topological polar surface area (TPSA) is 87.7 Å². The Bertz CT molecular complexity index is 831. The summed E-state index contributed by atoms with van der Waals surface area (Å²) in [5, 5.41) is 7.89. The second-order valence-corrected chi connectivity index (χ2v) is 5.71. The first-order valence-corrected chi connectivity index (χ1v) is 7.67. The standard InChI is InChI=1S/C16H16N6O/c23-16(15-17-6-2-7-18-15)22-8-1-3-12(10-22)13-5-4-11-9-19-21-14(11)20-13/h2,4-7,9,12H,1,3,8,10H2,(H,19,20,21)/t12-/m0/s1. The van der Waals surface area contributed by atoms with E-state index in [9.17, 15) is 4.79 Å². The average molecular weight is 308 g/mol. The van der Waals surface area contributed by atoms with Gasteiger partial charge in [-0.3, -0.25) is 9.89 Å². The highest BCUT2D eigenvalue weighted by Gasteiger charge is 2.27. The van der Waals surface area contributed by atoms with Gasteiger partial charge in [-0.25, -0.2) is 15.0 Å². The predicted octanol–water partition coefficient (Wildman–Crippen LogP) is 1.77. The molecule has 1 aliphatic rings. The van der Waals surface area contributed by atoms with Crippen molar-refractivity contribution in [3.63, 3.8) is 0 Å². The molecule has 23 heavy (non-hydrogen) atoms. The highest BCUT2D eigenvalue weighted by Crippen LogP contribution is 2.27. The Morgan fingerprint density at radius 2 is 2.13 bits per heavy atom. The molecule has 1 fully saturated rings. The van der Waals surface area contributed by atoms with Crippen molar-refractivity contribution in [3.8, 4) is 0 Å². The van der Waals surface area contributed by atoms with Crippen molar-refractivity contribution in [2.24, 2.45) is 0 Å². The summed E-state index contributed by atoms with van der Waals surface area (Å²) in [7, 11) is 0. The predicted molar refractivity (Wildman–Crippen MR) is 83.8 cm³/mol. The maximum absolute atomic E-state index is 12.5. The number of fused-ring (bicyclic) bond motifs is 1. The first kappa shape index (κ1) is 13.8. The summed E-state index contributed by atoms with van der Waals surface area (Å²) in [6.07, 6.45) is 6.92. The first-order valence-electron chi connectivity index (χ1n) is 7.67. The van der Waals surface area contributed by atoms with Gasteiger partial charge in [0.2, 0.25) is 5.82 Å². The first-order chi connectivity index (χ1) is 11.3. The highest BCUT2D eigenvalue weighted by atomic mass is 16.2. The van der Waals surface area contributed by atoms with Crippen LogP contribution in [0.4, 0.5) is 0 Å². The van der Waals surface area contributed by atoms with Gasteiger partial charge in [-0.2, -0.15) is 5.10 Å². The van der Waals surface area contributed by atoms with E-state index in [0.717, 1.165) is 36.1 Å². The largest absolute Gasteiger partial charge is 0.335 e. The van der Waals surface area contributed by atoms with E-state index in [1.165, 1.54) is 0 Å². The molecule has 0 saturated carbocycles. The molecule has 0 spiro atoms. The van der Waals surface area contributed by atoms with Gasteiger partial charge in [0.1, 0.15) is 0 Å². The quantitative estimate of drug-likeness (QED) is 0.779. The van der Waals surface area contributed by atoms with E-state index < -0.39 is 0 Å². The van der Waals surface area contributed by atoms with E-state index in [1.54, 1.807) is 24.7 Å². The van der Waals surface area contributed by atoms with Gasteiger partial charge < -0.3 is 4.90 Å². The zero-order chi connectivity index (χ0) is 15.6. The second kappa shape index (κ2) is 5.75. The van der Waals surface area contributed by atoms with Crippen molar-refractivity contribution in [1.29, 1.82) is 0 Å². The van der Waals surface area contributed by atoms with Crippen LogP contribution < -0.4 is 0 Å². The lowest BCUT2D eigenvalue weighted by molar-refractivity contribution is 0.0693. The van der Waals surface area contributed by atoms with Gasteiger partial charge in [0.15, 0.2) is 5.65 Å². The normalized spacial score (nSPS) is 18.3. The van der Waals surface area contributed by atoms with Crippen LogP contribution >= 0.6 is 0 Å². The summed E-state index contributed by atoms with van der Waals surface area (Å²) in [4.78, 5) is 27.1. The molecule has 116 valence electrons. The van der Waals surface area contributed by atoms with Crippen LogP contribution in [0.25, 0.3) is 11.0 Å². The number of nitrogens with one attached hydrogen (secondary N) is 1. The number of H-pyrrole nitrogens is 1. The third kappa shape index (κ3) is 2.65. The SMILES string of the molecule is O=C(c1ncccn1)N1CCC[C@H](c2ccc3cn[nH]c3n2)C1. The number of pyridine rings is 1. The number of rotatable bonds is 2. The Labute approximate surface area is 132 Å². The molecule has 0 aromatic carbocycles. The molecule has 7 heteroatoms. The fourth-order valence-corrected chi connectivity index (χ4v) is 3.02. The van der Waals surface area contributed by atoms with E-state index in [2.05, 4.69) is 25.1 Å². The summed E-state index contributed by atoms with van der Waals surface area (Å²) < 4.78 is 0. The number of nitrogens with zero attached hydrogens (tertiary/aromatic N) is 5. The summed E-state index contributed by atoms with van der Waals surface area (Å²) in [6.45, 7) is 1.38. The van der Waals surface area contributed by atoms with Gasteiger partial charge in [-0.15, -0.1) is 0 Å². The molecule has 0 radical (unpaired) electrons. The average Bonchev–Trinajstić information content (AvgIpc) is 3.09. The van der Waals surface area contributed by atoms with Crippen LogP contribution in [0.3, 0.4) is 0 Å². The summed E-state index contributed by atoms with van der Waals surface area (Å²) in [5.41, 5.74) is 1.78. The summed E-state index contributed by atoms with van der Waals surface area (Å²) in [6, 6.07) is 5.75. The number of aromatic nitrogens is 5. The highest BCUT2D eigenvalue weighted by molar-refractivity contribution is 5.90. The Balaban J connectivity index is 1.55. The van der Waals surface area contributed by atoms with Crippen LogP contribution in [0, 0.1) is 0 Å². The smallest absolute Gasteiger partial charge is 0.291 e. The molecule has 0 bridgehead atoms. The fourth-order valence-electron chi connectivity index (χ4n) is 3.02. The number of aromatic amines is 1. The van der Waals surface area contributed by atoms with E-state index >= 15 is 0 Å². The number of amides is 1. The Morgan fingerprint density at radius 3 is 3.00 bits per heavy atom. The second-order valence-electron chi connectivity index (χ2n) is 5.71. The number of likely N-dealkylation sites (tertiary alicyclic amines) is 1. The maximum Gasteiger partial charge on any atom is 0.291 e. The molecule has 4 heterocycles. The van der Waals surface area contributed by atoms with E-state index in [1.807, 2.05) is 17.0 Å². The van der Waals surface area contributed by atoms with Gasteiger partial charge in [-0.1, -0.05) is 0 Å². The van der Waals surface area contributed by atoms with Crippen molar-refractivity contribution in [2.45, 2.75) is 18.8 Å². The number of hydrogen-bond acceptors (Lipinski definition) is 5. The van der Waals surface area contributed by atoms with Crippen LogP contribution in [0.2, 0.25) is 0 Å². The van der Waals surface area contributed by atoms with Crippen LogP contribution in [-0.4, -0.2) is 49.0 Å². The maximum atomic E-state index is 12.5. The summed E-state index contributed by atoms with van der Waals surface area (Å²) in [5.74, 6) is 0.368. The van der Waals surface area contributed by atoms with E-state index in [0.29, 0.717) is 6.54 Å². The van der Waals surface area contributed by atoms with Crippen LogP contribution in [0.15, 0.2) is 36.8 Å². The monoisotopic (exact) mass is 308 g/mol. The third-order valence-corrected chi connectivity index (χ3v) is 4.21. The molecule has 4 rings (SSSR count). The molecule has 1 atom stereocenters. The molecule has 7 nitrogen and oxygen atoms in total. The summed E-state index contributed by atoms with van der Waals surface area (Å²) >= 11 is 0. The van der Waals surface area contributed by atoms with Gasteiger partial charge in [0.25, 0.3) is 5.91 Å². The Morgan fingerprint density at radius 1 is 1.26 bits per heavy atom. The molecule has 3 aromatic rings. The van der Waals surface area contributed by atoms with Crippen molar-refractivity contribution in [3.05, 3.63) is 48.3 Å². The lowest BCUT2D eigenvalue weighted by Gasteiger charge is -2.32. The third-order valence-electron chi connectivity index (χ3n) is 4.21. The van der Waals surface area contributed by atoms with Crippen molar-refractivity contribution in [2.75, 3.05) is 13.1 Å². The van der Waals surface area contributed by atoms with Crippen molar-refractivity contribution in [1.82, 2.24) is 30.0 Å². The minimum atomic E-state index is -0.113. The van der Waals surface area contributed by atoms with Crippen LogP contribution in [0.1, 0.15) is 35.1 Å². The number of carbonyl (C=O) groups excluding carboxylic acids is 1. The Kier molecular flexibility index (Phi) is 3.45. The zero-order valence-electron chi connectivity index (χ0n) is 12.5. The van der Waals surface area contributed by atoms with Gasteiger partial charge in [0.05, 0.1) is 6.20 Å². The molecular weight excluding hydrogens is 292 g/mol. The van der Waals surface area contributed by atoms with Crippen molar-refractivity contribution >= 4 is 16.9 Å². The number of piperidine rings is 1. The van der Waals surface area contributed by atoms with E-state index in [4.69, 9.17) is 0 Å². The van der Waals surface area contributed by atoms with E-state index in [-0.39, 0.29) is 17.6 Å². The molecule has 1 amide bonds. The molecule has 1 saturated heterocycles. The molecule has 1 aliphatic heterocycles. The fraction of sp³-hybridized carbons (Fsp3) is 0.312. The minimum Gasteiger partial charge on any atom is -0.335 e. The lowest BCUT2D eigenvalue weighted by atomic mass is 9.94.